The lowest BCUT2D eigenvalue weighted by atomic mass is 10.2. The molecule has 0 aliphatic rings. The number of nitrogens with two attached hydrogens (primary N) is 2. The summed E-state index contributed by atoms with van der Waals surface area (Å²) >= 11 is 11.5. The third kappa shape index (κ3) is 3.03. The van der Waals surface area contributed by atoms with Crippen molar-refractivity contribution in [1.29, 1.82) is 0 Å². The van der Waals surface area contributed by atoms with Crippen LogP contribution in [-0.2, 0) is 6.54 Å². The van der Waals surface area contributed by atoms with E-state index in [0.717, 1.165) is 5.56 Å². The van der Waals surface area contributed by atoms with Crippen LogP contribution in [0.3, 0.4) is 0 Å². The van der Waals surface area contributed by atoms with Gasteiger partial charge in [0.1, 0.15) is 5.02 Å². The minimum Gasteiger partial charge on any atom is -0.397 e. The number of nitrogen functional groups attached to an aromatic ring is 2. The molecular formula is C13H12Cl2FN3. The number of anilines is 3. The lowest BCUT2D eigenvalue weighted by Gasteiger charge is -2.13. The monoisotopic (exact) mass is 299 g/mol. The second-order valence-electron chi connectivity index (χ2n) is 4.04. The average molecular weight is 300 g/mol. The lowest BCUT2D eigenvalue weighted by Crippen LogP contribution is -2.06. The number of benzene rings is 2. The molecule has 0 saturated heterocycles. The summed E-state index contributed by atoms with van der Waals surface area (Å²) in [6.07, 6.45) is 0. The lowest BCUT2D eigenvalue weighted by molar-refractivity contribution is 0.632. The zero-order valence-corrected chi connectivity index (χ0v) is 11.4. The van der Waals surface area contributed by atoms with Crippen molar-refractivity contribution in [3.05, 3.63) is 51.8 Å². The molecule has 0 unspecified atom stereocenters. The van der Waals surface area contributed by atoms with E-state index in [1.165, 1.54) is 6.07 Å². The highest BCUT2D eigenvalue weighted by Gasteiger charge is 2.13. The molecule has 0 bridgehead atoms. The fourth-order valence-corrected chi connectivity index (χ4v) is 1.91. The van der Waals surface area contributed by atoms with Gasteiger partial charge >= 0.3 is 0 Å². The van der Waals surface area contributed by atoms with Gasteiger partial charge in [-0.1, -0.05) is 35.3 Å². The van der Waals surface area contributed by atoms with Gasteiger partial charge in [-0.3, -0.25) is 0 Å². The van der Waals surface area contributed by atoms with E-state index >= 15 is 0 Å². The SMILES string of the molecule is Nc1cc(N)c(NCc2ccc(Cl)cc2)c(F)c1Cl. The highest BCUT2D eigenvalue weighted by molar-refractivity contribution is 6.33. The van der Waals surface area contributed by atoms with Crippen LogP contribution in [0, 0.1) is 5.82 Å². The molecule has 6 heteroatoms. The Kier molecular flexibility index (Phi) is 4.02. The first kappa shape index (κ1) is 13.8. The summed E-state index contributed by atoms with van der Waals surface area (Å²) in [5.41, 5.74) is 12.7. The molecule has 0 radical (unpaired) electrons. The van der Waals surface area contributed by atoms with Crippen LogP contribution >= 0.6 is 23.2 Å². The van der Waals surface area contributed by atoms with Gasteiger partial charge in [0.2, 0.25) is 0 Å². The van der Waals surface area contributed by atoms with Crippen molar-refractivity contribution in [2.24, 2.45) is 0 Å². The molecule has 0 heterocycles. The highest BCUT2D eigenvalue weighted by Crippen LogP contribution is 2.33. The Balaban J connectivity index is 2.20. The molecule has 0 spiro atoms. The molecule has 0 saturated carbocycles. The summed E-state index contributed by atoms with van der Waals surface area (Å²) in [7, 11) is 0. The van der Waals surface area contributed by atoms with E-state index in [1.54, 1.807) is 12.1 Å². The first-order valence-corrected chi connectivity index (χ1v) is 6.26. The maximum Gasteiger partial charge on any atom is 0.169 e. The minimum atomic E-state index is -0.645. The van der Waals surface area contributed by atoms with Crippen LogP contribution in [0.4, 0.5) is 21.5 Å². The average Bonchev–Trinajstić information content (AvgIpc) is 2.38. The molecule has 5 N–H and O–H groups in total. The Hall–Kier alpha value is -1.65. The van der Waals surface area contributed by atoms with Crippen molar-refractivity contribution in [3.8, 4) is 0 Å². The molecule has 0 fully saturated rings. The zero-order valence-electron chi connectivity index (χ0n) is 9.88. The molecule has 2 aromatic carbocycles. The maximum absolute atomic E-state index is 13.9. The van der Waals surface area contributed by atoms with E-state index < -0.39 is 5.82 Å². The van der Waals surface area contributed by atoms with Crippen molar-refractivity contribution in [3.63, 3.8) is 0 Å². The fourth-order valence-electron chi connectivity index (χ4n) is 1.64. The quantitative estimate of drug-likeness (QED) is 0.753. The van der Waals surface area contributed by atoms with Crippen molar-refractivity contribution >= 4 is 40.3 Å². The van der Waals surface area contributed by atoms with Crippen molar-refractivity contribution in [2.45, 2.75) is 6.54 Å². The van der Waals surface area contributed by atoms with Crippen LogP contribution in [0.15, 0.2) is 30.3 Å². The van der Waals surface area contributed by atoms with Crippen LogP contribution in [0.25, 0.3) is 0 Å². The number of rotatable bonds is 3. The first-order valence-electron chi connectivity index (χ1n) is 5.50. The Morgan fingerprint density at radius 2 is 1.68 bits per heavy atom. The number of nitrogens with one attached hydrogen (secondary N) is 1. The van der Waals surface area contributed by atoms with E-state index in [0.29, 0.717) is 11.6 Å². The summed E-state index contributed by atoms with van der Waals surface area (Å²) in [4.78, 5) is 0. The fraction of sp³-hybridized carbons (Fsp3) is 0.0769. The van der Waals surface area contributed by atoms with Gasteiger partial charge in [-0.15, -0.1) is 0 Å². The van der Waals surface area contributed by atoms with Gasteiger partial charge < -0.3 is 16.8 Å². The van der Waals surface area contributed by atoms with Crippen LogP contribution in [0.5, 0.6) is 0 Å². The summed E-state index contributed by atoms with van der Waals surface area (Å²) in [6.45, 7) is 0.401. The third-order valence-electron chi connectivity index (χ3n) is 2.65. The highest BCUT2D eigenvalue weighted by atomic mass is 35.5. The molecule has 3 nitrogen and oxygen atoms in total. The molecular weight excluding hydrogens is 288 g/mol. The summed E-state index contributed by atoms with van der Waals surface area (Å²) in [5.74, 6) is -0.645. The van der Waals surface area contributed by atoms with Crippen molar-refractivity contribution < 1.29 is 4.39 Å². The smallest absolute Gasteiger partial charge is 0.169 e. The molecule has 2 rings (SSSR count). The number of halogens is 3. The van der Waals surface area contributed by atoms with E-state index in [-0.39, 0.29) is 22.1 Å². The number of hydrogen-bond acceptors (Lipinski definition) is 3. The van der Waals surface area contributed by atoms with Crippen molar-refractivity contribution in [1.82, 2.24) is 0 Å². The molecule has 19 heavy (non-hydrogen) atoms. The van der Waals surface area contributed by atoms with E-state index in [2.05, 4.69) is 5.32 Å². The van der Waals surface area contributed by atoms with E-state index in [4.69, 9.17) is 34.7 Å². The second-order valence-corrected chi connectivity index (χ2v) is 4.85. The van der Waals surface area contributed by atoms with Gasteiger partial charge in [0.05, 0.1) is 17.1 Å². The Morgan fingerprint density at radius 1 is 1.05 bits per heavy atom. The Bertz CT molecular complexity index is 600. The van der Waals surface area contributed by atoms with Gasteiger partial charge in [0.15, 0.2) is 5.82 Å². The second kappa shape index (κ2) is 5.55. The number of hydrogen-bond donors (Lipinski definition) is 3. The normalized spacial score (nSPS) is 10.5. The predicted octanol–water partition coefficient (Wildman–Crippen LogP) is 3.91. The van der Waals surface area contributed by atoms with E-state index in [1.807, 2.05) is 12.1 Å². The third-order valence-corrected chi connectivity index (χ3v) is 3.28. The molecule has 0 amide bonds. The van der Waals surface area contributed by atoms with E-state index in [9.17, 15) is 4.39 Å². The zero-order chi connectivity index (χ0) is 14.0. The van der Waals surface area contributed by atoms with Crippen LogP contribution < -0.4 is 16.8 Å². The van der Waals surface area contributed by atoms with Crippen LogP contribution in [0.1, 0.15) is 5.56 Å². The van der Waals surface area contributed by atoms with Gasteiger partial charge in [-0.05, 0) is 23.8 Å². The molecule has 0 aromatic heterocycles. The largest absolute Gasteiger partial charge is 0.397 e. The van der Waals surface area contributed by atoms with Gasteiger partial charge in [0, 0.05) is 11.6 Å². The standard InChI is InChI=1S/C13H12Cl2FN3/c14-8-3-1-7(2-4-8)6-19-13-10(18)5-9(17)11(15)12(13)16/h1-5,19H,6,17-18H2. The predicted molar refractivity (Wildman–Crippen MR) is 79.0 cm³/mol. The summed E-state index contributed by atoms with van der Waals surface area (Å²) < 4.78 is 13.9. The topological polar surface area (TPSA) is 64.1 Å². The van der Waals surface area contributed by atoms with Crippen molar-refractivity contribution in [2.75, 3.05) is 16.8 Å². The molecule has 2 aromatic rings. The van der Waals surface area contributed by atoms with Crippen LogP contribution in [-0.4, -0.2) is 0 Å². The Morgan fingerprint density at radius 3 is 2.32 bits per heavy atom. The molecule has 0 aliphatic carbocycles. The molecule has 0 aliphatic heterocycles. The Labute approximate surface area is 120 Å². The van der Waals surface area contributed by atoms with Gasteiger partial charge in [-0.2, -0.15) is 0 Å². The van der Waals surface area contributed by atoms with Crippen LogP contribution in [0.2, 0.25) is 10.0 Å². The summed E-state index contributed by atoms with van der Waals surface area (Å²) in [5, 5.41) is 3.41. The summed E-state index contributed by atoms with van der Waals surface area (Å²) in [6, 6.07) is 8.61. The molecule has 100 valence electrons. The van der Waals surface area contributed by atoms with Gasteiger partial charge in [0.25, 0.3) is 0 Å². The maximum atomic E-state index is 13.9. The minimum absolute atomic E-state index is 0.119. The van der Waals surface area contributed by atoms with Gasteiger partial charge in [-0.25, -0.2) is 4.39 Å². The first-order chi connectivity index (χ1) is 8.99. The molecule has 0 atom stereocenters.